The van der Waals surface area contributed by atoms with Gasteiger partial charge >= 0.3 is 10.1 Å². The van der Waals surface area contributed by atoms with Crippen LogP contribution in [-0.2, 0) is 14.3 Å². The highest BCUT2D eigenvalue weighted by Gasteiger charge is 2.34. The minimum Gasteiger partial charge on any atom is -0.459 e. The number of aliphatic hydroxyl groups is 1. The highest BCUT2D eigenvalue weighted by atomic mass is 32.2. The van der Waals surface area contributed by atoms with E-state index in [2.05, 4.69) is 5.32 Å². The lowest BCUT2D eigenvalue weighted by Crippen LogP contribution is -2.41. The van der Waals surface area contributed by atoms with Gasteiger partial charge in [-0.1, -0.05) is 35.9 Å². The maximum atomic E-state index is 12.7. The van der Waals surface area contributed by atoms with E-state index in [1.165, 1.54) is 19.1 Å². The van der Waals surface area contributed by atoms with Crippen LogP contribution in [0.2, 0.25) is 0 Å². The summed E-state index contributed by atoms with van der Waals surface area (Å²) in [6.07, 6.45) is 0. The molecule has 176 valence electrons. The molecule has 0 saturated heterocycles. The van der Waals surface area contributed by atoms with Crippen LogP contribution in [0.25, 0.3) is 22.2 Å². The summed E-state index contributed by atoms with van der Waals surface area (Å²) in [4.78, 5) is 4.71. The lowest BCUT2D eigenvalue weighted by atomic mass is 10.1. The van der Waals surface area contributed by atoms with Gasteiger partial charge in [0.2, 0.25) is 5.79 Å². The van der Waals surface area contributed by atoms with E-state index in [0.717, 1.165) is 27.9 Å². The van der Waals surface area contributed by atoms with Gasteiger partial charge in [-0.05, 0) is 49.4 Å². The van der Waals surface area contributed by atoms with Gasteiger partial charge in [0, 0.05) is 36.7 Å². The first kappa shape index (κ1) is 23.7. The van der Waals surface area contributed by atoms with E-state index in [9.17, 15) is 13.5 Å². The molecule has 34 heavy (non-hydrogen) atoms. The monoisotopic (exact) mass is 478 g/mol. The van der Waals surface area contributed by atoms with Gasteiger partial charge in [0.1, 0.15) is 12.4 Å². The van der Waals surface area contributed by atoms with Crippen LogP contribution in [-0.4, -0.2) is 37.9 Å². The Labute approximate surface area is 199 Å². The SMILES string of the molecule is CNc1ccc(-c2ccc3ccc(OC(C)(CO)OS(=O)(=O)c4ccc(C)cc4)cc3n2)cc1. The molecule has 0 amide bonds. The Balaban J connectivity index is 1.60. The second-order valence-electron chi connectivity index (χ2n) is 8.12. The molecule has 4 rings (SSSR count). The minimum atomic E-state index is -4.16. The van der Waals surface area contributed by atoms with Crippen LogP contribution >= 0.6 is 0 Å². The highest BCUT2D eigenvalue weighted by molar-refractivity contribution is 7.86. The standard InChI is InChI=1S/C26H26N2O5S/c1-18-4-13-23(14-5-18)34(30,31)33-26(2,17-29)32-22-12-8-20-9-15-24(28-25(20)16-22)19-6-10-21(27-3)11-7-19/h4-16,27,29H,17H2,1-3H3. The third-order valence-corrected chi connectivity index (χ3v) is 6.77. The van der Waals surface area contributed by atoms with Crippen LogP contribution in [0.1, 0.15) is 12.5 Å². The van der Waals surface area contributed by atoms with E-state index in [1.807, 2.05) is 56.4 Å². The number of ether oxygens (including phenoxy) is 1. The molecule has 4 aromatic rings. The van der Waals surface area contributed by atoms with Crippen molar-refractivity contribution in [2.45, 2.75) is 24.5 Å². The number of fused-ring (bicyclic) bond motifs is 1. The van der Waals surface area contributed by atoms with Gasteiger partial charge in [-0.3, -0.25) is 0 Å². The lowest BCUT2D eigenvalue weighted by molar-refractivity contribution is -0.125. The maximum Gasteiger partial charge on any atom is 0.300 e. The van der Waals surface area contributed by atoms with Crippen molar-refractivity contribution in [2.24, 2.45) is 0 Å². The van der Waals surface area contributed by atoms with Crippen LogP contribution in [0, 0.1) is 6.92 Å². The number of nitrogens with one attached hydrogen (secondary N) is 1. The number of hydrogen-bond donors (Lipinski definition) is 2. The molecule has 2 N–H and O–H groups in total. The molecule has 1 unspecified atom stereocenters. The molecule has 0 fully saturated rings. The van der Waals surface area contributed by atoms with Gasteiger partial charge < -0.3 is 15.2 Å². The largest absolute Gasteiger partial charge is 0.459 e. The number of aryl methyl sites for hydroxylation is 1. The predicted molar refractivity (Wildman–Crippen MR) is 132 cm³/mol. The number of rotatable bonds is 8. The van der Waals surface area contributed by atoms with Crippen LogP contribution < -0.4 is 10.1 Å². The van der Waals surface area contributed by atoms with E-state index in [4.69, 9.17) is 13.9 Å². The van der Waals surface area contributed by atoms with Crippen molar-refractivity contribution in [3.63, 3.8) is 0 Å². The Morgan fingerprint density at radius 3 is 2.29 bits per heavy atom. The molecule has 0 aliphatic heterocycles. The van der Waals surface area contributed by atoms with Gasteiger partial charge in [-0.15, -0.1) is 0 Å². The average Bonchev–Trinajstić information content (AvgIpc) is 2.83. The van der Waals surface area contributed by atoms with Crippen LogP contribution in [0.15, 0.2) is 83.8 Å². The quantitative estimate of drug-likeness (QED) is 0.279. The zero-order chi connectivity index (χ0) is 24.3. The Morgan fingerprint density at radius 2 is 1.65 bits per heavy atom. The Kier molecular flexibility index (Phi) is 6.56. The molecule has 1 aromatic heterocycles. The van der Waals surface area contributed by atoms with E-state index in [-0.39, 0.29) is 4.90 Å². The van der Waals surface area contributed by atoms with Crippen LogP contribution in [0.4, 0.5) is 5.69 Å². The van der Waals surface area contributed by atoms with Gasteiger partial charge in [0.25, 0.3) is 0 Å². The molecule has 1 atom stereocenters. The lowest BCUT2D eigenvalue weighted by Gasteiger charge is -2.28. The molecule has 3 aromatic carbocycles. The number of aliphatic hydroxyl groups excluding tert-OH is 1. The van der Waals surface area contributed by atoms with E-state index in [1.54, 1.807) is 24.3 Å². The number of hydrogen-bond acceptors (Lipinski definition) is 7. The third kappa shape index (κ3) is 5.20. The summed E-state index contributed by atoms with van der Waals surface area (Å²) in [5.41, 5.74) is 4.33. The summed E-state index contributed by atoms with van der Waals surface area (Å²) >= 11 is 0. The van der Waals surface area contributed by atoms with Crippen molar-refractivity contribution >= 4 is 26.7 Å². The maximum absolute atomic E-state index is 12.7. The molecule has 1 heterocycles. The van der Waals surface area contributed by atoms with E-state index >= 15 is 0 Å². The number of benzene rings is 3. The summed E-state index contributed by atoms with van der Waals surface area (Å²) < 4.78 is 36.6. The molecule has 0 aliphatic carbocycles. The van der Waals surface area contributed by atoms with Crippen molar-refractivity contribution < 1.29 is 22.4 Å². The number of anilines is 1. The smallest absolute Gasteiger partial charge is 0.300 e. The van der Waals surface area contributed by atoms with E-state index in [0.29, 0.717) is 11.3 Å². The van der Waals surface area contributed by atoms with Gasteiger partial charge in [0.15, 0.2) is 0 Å². The first-order valence-electron chi connectivity index (χ1n) is 10.7. The zero-order valence-electron chi connectivity index (χ0n) is 19.1. The molecular formula is C26H26N2O5S. The van der Waals surface area contributed by atoms with Crippen LogP contribution in [0.5, 0.6) is 5.75 Å². The van der Waals surface area contributed by atoms with Crippen molar-refractivity contribution in [1.29, 1.82) is 0 Å². The summed E-state index contributed by atoms with van der Waals surface area (Å²) in [5.74, 6) is -1.50. The molecule has 7 nitrogen and oxygen atoms in total. The first-order valence-corrected chi connectivity index (χ1v) is 12.1. The topological polar surface area (TPSA) is 97.7 Å². The Morgan fingerprint density at radius 1 is 0.971 bits per heavy atom. The highest BCUT2D eigenvalue weighted by Crippen LogP contribution is 2.29. The molecule has 8 heteroatoms. The summed E-state index contributed by atoms with van der Waals surface area (Å²) in [5, 5.41) is 13.9. The molecule has 0 saturated carbocycles. The molecular weight excluding hydrogens is 452 g/mol. The summed E-state index contributed by atoms with van der Waals surface area (Å²) in [6, 6.07) is 23.2. The molecule has 0 bridgehead atoms. The van der Waals surface area contributed by atoms with Crippen molar-refractivity contribution in [1.82, 2.24) is 4.98 Å². The van der Waals surface area contributed by atoms with Crippen molar-refractivity contribution in [3.05, 3.63) is 84.4 Å². The zero-order valence-corrected chi connectivity index (χ0v) is 20.0. The summed E-state index contributed by atoms with van der Waals surface area (Å²) in [7, 11) is -2.30. The number of nitrogens with zero attached hydrogens (tertiary/aromatic N) is 1. The first-order chi connectivity index (χ1) is 16.2. The number of pyridine rings is 1. The third-order valence-electron chi connectivity index (χ3n) is 5.35. The Hall–Kier alpha value is -3.46. The predicted octanol–water partition coefficient (Wildman–Crippen LogP) is 4.74. The van der Waals surface area contributed by atoms with Gasteiger partial charge in [0.05, 0.1) is 16.1 Å². The summed E-state index contributed by atoms with van der Waals surface area (Å²) in [6.45, 7) is 2.55. The molecule has 0 radical (unpaired) electrons. The van der Waals surface area contributed by atoms with Crippen molar-refractivity contribution in [2.75, 3.05) is 19.0 Å². The fourth-order valence-corrected chi connectivity index (χ4v) is 4.56. The Bertz CT molecular complexity index is 1400. The molecule has 0 spiro atoms. The van der Waals surface area contributed by atoms with Gasteiger partial charge in [-0.2, -0.15) is 8.42 Å². The number of aromatic nitrogens is 1. The fourth-order valence-electron chi connectivity index (χ4n) is 3.44. The van der Waals surface area contributed by atoms with E-state index < -0.39 is 22.5 Å². The van der Waals surface area contributed by atoms with Crippen LogP contribution in [0.3, 0.4) is 0 Å². The fraction of sp³-hybridized carbons (Fsp3) is 0.192. The van der Waals surface area contributed by atoms with Crippen molar-refractivity contribution in [3.8, 4) is 17.0 Å². The molecule has 0 aliphatic rings. The second kappa shape index (κ2) is 9.42. The average molecular weight is 479 g/mol. The second-order valence-corrected chi connectivity index (χ2v) is 9.67. The normalized spacial score (nSPS) is 13.4. The van der Waals surface area contributed by atoms with Gasteiger partial charge in [-0.25, -0.2) is 9.17 Å². The minimum absolute atomic E-state index is 0.0181.